The first-order chi connectivity index (χ1) is 9.65. The number of carbonyl (C=O) groups is 2. The van der Waals surface area contributed by atoms with Crippen LogP contribution in [0, 0.1) is 0 Å². The fourth-order valence-corrected chi connectivity index (χ4v) is 3.04. The lowest BCUT2D eigenvalue weighted by atomic mass is 10.1. The number of hydrogen-bond donors (Lipinski definition) is 1. The molecular formula is C15H19N3O2. The van der Waals surface area contributed by atoms with Crippen molar-refractivity contribution in [3.63, 3.8) is 0 Å². The van der Waals surface area contributed by atoms with E-state index in [0.29, 0.717) is 19.6 Å². The van der Waals surface area contributed by atoms with E-state index in [-0.39, 0.29) is 17.9 Å². The summed E-state index contributed by atoms with van der Waals surface area (Å²) in [4.78, 5) is 27.7. The summed E-state index contributed by atoms with van der Waals surface area (Å²) in [5.41, 5.74) is 2.25. The summed E-state index contributed by atoms with van der Waals surface area (Å²) in [6.45, 7) is 4.06. The van der Waals surface area contributed by atoms with Gasteiger partial charge in [-0.3, -0.25) is 14.5 Å². The Labute approximate surface area is 118 Å². The first kappa shape index (κ1) is 13.1. The van der Waals surface area contributed by atoms with Gasteiger partial charge in [0.2, 0.25) is 11.8 Å². The van der Waals surface area contributed by atoms with E-state index in [1.165, 1.54) is 5.56 Å². The zero-order valence-corrected chi connectivity index (χ0v) is 11.6. The van der Waals surface area contributed by atoms with Gasteiger partial charge in [0, 0.05) is 24.8 Å². The van der Waals surface area contributed by atoms with Crippen molar-refractivity contribution in [1.29, 1.82) is 0 Å². The second-order valence-corrected chi connectivity index (χ2v) is 5.51. The van der Waals surface area contributed by atoms with Crippen molar-refractivity contribution in [3.8, 4) is 0 Å². The summed E-state index contributed by atoms with van der Waals surface area (Å²) in [5, 5.41) is 2.77. The molecule has 106 valence electrons. The number of piperazine rings is 1. The second-order valence-electron chi connectivity index (χ2n) is 5.51. The van der Waals surface area contributed by atoms with Crippen LogP contribution in [0.4, 0.5) is 5.69 Å². The number of para-hydroxylation sites is 1. The summed E-state index contributed by atoms with van der Waals surface area (Å²) in [5.74, 6) is 0.0797. The highest BCUT2D eigenvalue weighted by Gasteiger charge is 2.31. The van der Waals surface area contributed by atoms with Crippen molar-refractivity contribution in [2.75, 3.05) is 31.1 Å². The van der Waals surface area contributed by atoms with Gasteiger partial charge in [-0.1, -0.05) is 18.2 Å². The molecule has 5 nitrogen and oxygen atoms in total. The van der Waals surface area contributed by atoms with Crippen molar-refractivity contribution in [1.82, 2.24) is 10.2 Å². The summed E-state index contributed by atoms with van der Waals surface area (Å²) in [7, 11) is 0. The van der Waals surface area contributed by atoms with Gasteiger partial charge >= 0.3 is 0 Å². The van der Waals surface area contributed by atoms with Crippen molar-refractivity contribution < 1.29 is 9.59 Å². The monoisotopic (exact) mass is 273 g/mol. The molecule has 2 aliphatic heterocycles. The van der Waals surface area contributed by atoms with Gasteiger partial charge in [0.15, 0.2) is 0 Å². The molecule has 1 aromatic rings. The summed E-state index contributed by atoms with van der Waals surface area (Å²) < 4.78 is 0. The predicted molar refractivity (Wildman–Crippen MR) is 76.5 cm³/mol. The first-order valence-corrected chi connectivity index (χ1v) is 7.04. The van der Waals surface area contributed by atoms with Gasteiger partial charge in [-0.25, -0.2) is 0 Å². The molecule has 0 saturated carbocycles. The quantitative estimate of drug-likeness (QED) is 0.848. The van der Waals surface area contributed by atoms with Gasteiger partial charge in [-0.05, 0) is 25.0 Å². The highest BCUT2D eigenvalue weighted by molar-refractivity contribution is 5.97. The molecule has 1 aromatic carbocycles. The van der Waals surface area contributed by atoms with E-state index in [0.717, 1.165) is 18.7 Å². The van der Waals surface area contributed by atoms with E-state index in [4.69, 9.17) is 0 Å². The van der Waals surface area contributed by atoms with Crippen molar-refractivity contribution in [2.45, 2.75) is 19.4 Å². The van der Waals surface area contributed by atoms with E-state index in [9.17, 15) is 9.59 Å². The Hall–Kier alpha value is -1.88. The smallest absolute Gasteiger partial charge is 0.241 e. The highest BCUT2D eigenvalue weighted by atomic mass is 16.2. The van der Waals surface area contributed by atoms with Crippen LogP contribution in [0.2, 0.25) is 0 Å². The van der Waals surface area contributed by atoms with E-state index in [2.05, 4.69) is 18.3 Å². The molecule has 0 radical (unpaired) electrons. The zero-order chi connectivity index (χ0) is 14.1. The number of fused-ring (bicyclic) bond motifs is 1. The second kappa shape index (κ2) is 5.25. The van der Waals surface area contributed by atoms with Crippen LogP contribution in [-0.4, -0.2) is 48.9 Å². The van der Waals surface area contributed by atoms with Crippen LogP contribution < -0.4 is 10.2 Å². The number of nitrogens with one attached hydrogen (secondary N) is 1. The predicted octanol–water partition coefficient (Wildman–Crippen LogP) is 0.396. The number of anilines is 1. The normalized spacial score (nSPS) is 22.6. The van der Waals surface area contributed by atoms with Crippen LogP contribution in [0.3, 0.4) is 0 Å². The van der Waals surface area contributed by atoms with E-state index < -0.39 is 0 Å². The Morgan fingerprint density at radius 3 is 3.00 bits per heavy atom. The number of carbonyl (C=O) groups excluding carboxylic acids is 2. The van der Waals surface area contributed by atoms with E-state index >= 15 is 0 Å². The average Bonchev–Trinajstić information content (AvgIpc) is 2.74. The molecule has 1 fully saturated rings. The summed E-state index contributed by atoms with van der Waals surface area (Å²) in [6, 6.07) is 8.24. The number of benzene rings is 1. The van der Waals surface area contributed by atoms with Crippen molar-refractivity contribution in [2.24, 2.45) is 0 Å². The Morgan fingerprint density at radius 1 is 1.40 bits per heavy atom. The summed E-state index contributed by atoms with van der Waals surface area (Å²) in [6.07, 6.45) is 0.905. The third kappa shape index (κ3) is 2.41. The van der Waals surface area contributed by atoms with Crippen molar-refractivity contribution >= 4 is 17.5 Å². The Kier molecular flexibility index (Phi) is 3.44. The van der Waals surface area contributed by atoms with Crippen LogP contribution in [0.1, 0.15) is 12.5 Å². The van der Waals surface area contributed by atoms with Crippen LogP contribution in [0.15, 0.2) is 24.3 Å². The molecule has 20 heavy (non-hydrogen) atoms. The van der Waals surface area contributed by atoms with Crippen LogP contribution in [0.5, 0.6) is 0 Å². The van der Waals surface area contributed by atoms with E-state index in [1.54, 1.807) is 0 Å². The fourth-order valence-electron chi connectivity index (χ4n) is 3.04. The lowest BCUT2D eigenvalue weighted by Crippen LogP contribution is -2.51. The molecule has 2 amide bonds. The van der Waals surface area contributed by atoms with Crippen molar-refractivity contribution in [3.05, 3.63) is 29.8 Å². The van der Waals surface area contributed by atoms with Crippen LogP contribution in [0.25, 0.3) is 0 Å². The average molecular weight is 273 g/mol. The van der Waals surface area contributed by atoms with Gasteiger partial charge in [-0.15, -0.1) is 0 Å². The first-order valence-electron chi connectivity index (χ1n) is 7.04. The Bertz CT molecular complexity index is 544. The molecule has 0 aromatic heterocycles. The maximum Gasteiger partial charge on any atom is 0.241 e. The highest BCUT2D eigenvalue weighted by Crippen LogP contribution is 2.31. The molecule has 5 heteroatoms. The van der Waals surface area contributed by atoms with Gasteiger partial charge in [0.25, 0.3) is 0 Å². The molecule has 0 bridgehead atoms. The molecule has 0 unspecified atom stereocenters. The Morgan fingerprint density at radius 2 is 2.20 bits per heavy atom. The zero-order valence-electron chi connectivity index (χ0n) is 11.6. The van der Waals surface area contributed by atoms with Gasteiger partial charge in [0.1, 0.15) is 0 Å². The minimum absolute atomic E-state index is 0.000999. The minimum atomic E-state index is -0.000999. The molecule has 1 N–H and O–H groups in total. The fraction of sp³-hybridized carbons (Fsp3) is 0.467. The third-order valence-corrected chi connectivity index (χ3v) is 3.95. The topological polar surface area (TPSA) is 52.7 Å². The summed E-state index contributed by atoms with van der Waals surface area (Å²) >= 11 is 0. The van der Waals surface area contributed by atoms with E-state index in [1.807, 2.05) is 28.0 Å². The van der Waals surface area contributed by atoms with Gasteiger partial charge in [-0.2, -0.15) is 0 Å². The minimum Gasteiger partial charge on any atom is -0.354 e. The number of rotatable bonds is 2. The lowest BCUT2D eigenvalue weighted by Gasteiger charge is -2.29. The molecule has 0 spiro atoms. The third-order valence-electron chi connectivity index (χ3n) is 3.95. The van der Waals surface area contributed by atoms with Gasteiger partial charge in [0.05, 0.1) is 13.1 Å². The standard InChI is InChI=1S/C15H19N3O2/c1-11-8-12-4-2-3-5-13(12)18(11)15(20)10-17-7-6-16-14(19)9-17/h2-5,11H,6-10H2,1H3,(H,16,19)/t11-/m0/s1. The molecule has 0 aliphatic carbocycles. The molecule has 1 atom stereocenters. The number of amides is 2. The molecule has 3 rings (SSSR count). The Balaban J connectivity index is 1.72. The lowest BCUT2D eigenvalue weighted by molar-refractivity contribution is -0.126. The maximum absolute atomic E-state index is 12.5. The largest absolute Gasteiger partial charge is 0.354 e. The molecule has 2 heterocycles. The SMILES string of the molecule is C[C@H]1Cc2ccccc2N1C(=O)CN1CCNC(=O)C1. The number of hydrogen-bond acceptors (Lipinski definition) is 3. The molecule has 2 aliphatic rings. The van der Waals surface area contributed by atoms with Gasteiger partial charge < -0.3 is 10.2 Å². The molecular weight excluding hydrogens is 254 g/mol. The maximum atomic E-state index is 12.5. The molecule has 1 saturated heterocycles. The van der Waals surface area contributed by atoms with Crippen LogP contribution >= 0.6 is 0 Å². The van der Waals surface area contributed by atoms with Crippen LogP contribution in [-0.2, 0) is 16.0 Å². The number of nitrogens with zero attached hydrogens (tertiary/aromatic N) is 2.